The van der Waals surface area contributed by atoms with Gasteiger partial charge < -0.3 is 14.6 Å². The first-order valence-electron chi connectivity index (χ1n) is 8.19. The minimum Gasteiger partial charge on any atom is -0.465 e. The third kappa shape index (κ3) is 2.93. The molecular weight excluding hydrogens is 328 g/mol. The quantitative estimate of drug-likeness (QED) is 0.649. The van der Waals surface area contributed by atoms with E-state index in [1.807, 2.05) is 26.0 Å². The van der Waals surface area contributed by atoms with Crippen LogP contribution >= 0.6 is 11.8 Å². The molecule has 5 nitrogen and oxygen atoms in total. The van der Waals surface area contributed by atoms with Gasteiger partial charge in [-0.15, -0.1) is 11.8 Å². The Balaban J connectivity index is 2.67. The number of hydrogen-bond donors (Lipinski definition) is 1. The molecule has 1 aliphatic rings. The molecule has 132 valence electrons. The third-order valence-corrected chi connectivity index (χ3v) is 5.98. The van der Waals surface area contributed by atoms with E-state index in [4.69, 9.17) is 9.47 Å². The van der Waals surface area contributed by atoms with Gasteiger partial charge in [0.2, 0.25) is 5.41 Å². The highest BCUT2D eigenvalue weighted by atomic mass is 32.2. The number of benzene rings is 1. The first-order valence-corrected chi connectivity index (χ1v) is 9.07. The van der Waals surface area contributed by atoms with Crippen LogP contribution in [0.4, 0.5) is 0 Å². The number of thioether (sulfide) groups is 1. The Morgan fingerprint density at radius 2 is 1.71 bits per heavy atom. The molecule has 0 aliphatic carbocycles. The zero-order valence-corrected chi connectivity index (χ0v) is 15.3. The summed E-state index contributed by atoms with van der Waals surface area (Å²) >= 11 is 1.42. The van der Waals surface area contributed by atoms with Crippen LogP contribution in [0.2, 0.25) is 0 Å². The van der Waals surface area contributed by atoms with Crippen molar-refractivity contribution in [3.05, 3.63) is 29.8 Å². The molecular formula is C18H24O5S. The topological polar surface area (TPSA) is 72.8 Å². The first-order chi connectivity index (χ1) is 11.4. The molecule has 0 saturated heterocycles. The van der Waals surface area contributed by atoms with Gasteiger partial charge in [0.1, 0.15) is 6.10 Å². The van der Waals surface area contributed by atoms with Crippen molar-refractivity contribution in [3.63, 3.8) is 0 Å². The van der Waals surface area contributed by atoms with Gasteiger partial charge in [-0.1, -0.05) is 32.0 Å². The largest absolute Gasteiger partial charge is 0.465 e. The maximum Gasteiger partial charge on any atom is 0.327 e. The van der Waals surface area contributed by atoms with Crippen LogP contribution < -0.4 is 0 Å². The predicted molar refractivity (Wildman–Crippen MR) is 91.6 cm³/mol. The van der Waals surface area contributed by atoms with Crippen molar-refractivity contribution in [1.29, 1.82) is 0 Å². The van der Waals surface area contributed by atoms with Crippen LogP contribution in [0.5, 0.6) is 0 Å². The molecule has 6 heteroatoms. The number of aliphatic hydroxyl groups is 1. The van der Waals surface area contributed by atoms with Gasteiger partial charge in [-0.05, 0) is 31.4 Å². The molecule has 1 aromatic rings. The van der Waals surface area contributed by atoms with E-state index in [0.29, 0.717) is 5.56 Å². The van der Waals surface area contributed by atoms with Gasteiger partial charge in [0.05, 0.1) is 13.2 Å². The van der Waals surface area contributed by atoms with Crippen LogP contribution in [0.3, 0.4) is 0 Å². The van der Waals surface area contributed by atoms with Crippen LogP contribution in [0.1, 0.15) is 39.4 Å². The second-order valence-electron chi connectivity index (χ2n) is 6.03. The molecule has 1 aliphatic heterocycles. The van der Waals surface area contributed by atoms with Crippen molar-refractivity contribution in [2.24, 2.45) is 11.3 Å². The van der Waals surface area contributed by atoms with Gasteiger partial charge in [-0.2, -0.15) is 0 Å². The van der Waals surface area contributed by atoms with Crippen molar-refractivity contribution < 1.29 is 24.2 Å². The van der Waals surface area contributed by atoms with Crippen LogP contribution in [0, 0.1) is 11.3 Å². The summed E-state index contributed by atoms with van der Waals surface area (Å²) in [5.41, 5.74) is -1.21. The molecule has 0 aromatic heterocycles. The lowest BCUT2D eigenvalue weighted by molar-refractivity contribution is -0.183. The summed E-state index contributed by atoms with van der Waals surface area (Å²) in [5, 5.41) is 10.6. The number of fused-ring (bicyclic) bond motifs is 1. The van der Waals surface area contributed by atoms with Gasteiger partial charge in [0, 0.05) is 10.1 Å². The standard InChI is InChI=1S/C18H24O5S/c1-5-22-16(20)18(17(21)23-6-2)14(19)12-9-7-8-10-13(12)24-15(18)11(3)4/h7-11,14-15,19H,5-6H2,1-4H3. The summed E-state index contributed by atoms with van der Waals surface area (Å²) in [4.78, 5) is 26.6. The number of esters is 2. The number of carbonyl (C=O) groups is 2. The van der Waals surface area contributed by atoms with Gasteiger partial charge in [0.25, 0.3) is 0 Å². The molecule has 1 aromatic carbocycles. The summed E-state index contributed by atoms with van der Waals surface area (Å²) in [6.45, 7) is 7.46. The molecule has 2 rings (SSSR count). The molecule has 0 amide bonds. The van der Waals surface area contributed by atoms with Crippen molar-refractivity contribution in [1.82, 2.24) is 0 Å². The van der Waals surface area contributed by atoms with E-state index in [1.165, 1.54) is 11.8 Å². The summed E-state index contributed by atoms with van der Waals surface area (Å²) in [6.07, 6.45) is -1.31. The van der Waals surface area contributed by atoms with Crippen LogP contribution in [-0.2, 0) is 19.1 Å². The molecule has 0 saturated carbocycles. The fraction of sp³-hybridized carbons (Fsp3) is 0.556. The van der Waals surface area contributed by atoms with Gasteiger partial charge in [-0.25, -0.2) is 0 Å². The maximum absolute atomic E-state index is 12.9. The molecule has 0 radical (unpaired) electrons. The Kier molecular flexibility index (Phi) is 5.93. The highest BCUT2D eigenvalue weighted by Gasteiger charge is 2.63. The number of aliphatic hydroxyl groups excluding tert-OH is 1. The maximum atomic E-state index is 12.9. The Bertz CT molecular complexity index is 595. The number of hydrogen-bond acceptors (Lipinski definition) is 6. The smallest absolute Gasteiger partial charge is 0.327 e. The average molecular weight is 352 g/mol. The first kappa shape index (κ1) is 18.8. The second-order valence-corrected chi connectivity index (χ2v) is 7.22. The third-order valence-electron chi connectivity index (χ3n) is 4.18. The van der Waals surface area contributed by atoms with Crippen molar-refractivity contribution in [2.75, 3.05) is 13.2 Å². The number of carbonyl (C=O) groups excluding carboxylic acids is 2. The van der Waals surface area contributed by atoms with Crippen molar-refractivity contribution in [2.45, 2.75) is 43.9 Å². The highest BCUT2D eigenvalue weighted by Crippen LogP contribution is 2.55. The number of rotatable bonds is 5. The van der Waals surface area contributed by atoms with Crippen LogP contribution in [-0.4, -0.2) is 35.5 Å². The minimum absolute atomic E-state index is 0.0492. The Morgan fingerprint density at radius 3 is 2.21 bits per heavy atom. The van der Waals surface area contributed by atoms with Gasteiger partial charge in [-0.3, -0.25) is 9.59 Å². The summed E-state index contributed by atoms with van der Waals surface area (Å²) < 4.78 is 10.4. The fourth-order valence-corrected chi connectivity index (χ4v) is 4.67. The van der Waals surface area contributed by atoms with E-state index in [-0.39, 0.29) is 19.1 Å². The van der Waals surface area contributed by atoms with Crippen molar-refractivity contribution >= 4 is 23.7 Å². The van der Waals surface area contributed by atoms with Gasteiger partial charge in [0.15, 0.2) is 0 Å². The normalized spacial score (nSPS) is 21.9. The van der Waals surface area contributed by atoms with E-state index in [0.717, 1.165) is 4.90 Å². The molecule has 2 unspecified atom stereocenters. The SMILES string of the molecule is CCOC(=O)C1(C(=O)OCC)C(O)c2ccccc2SC1C(C)C. The predicted octanol–water partition coefficient (Wildman–Crippen LogP) is 2.96. The lowest BCUT2D eigenvalue weighted by Crippen LogP contribution is -2.56. The zero-order valence-electron chi connectivity index (χ0n) is 14.4. The molecule has 2 atom stereocenters. The van der Waals surface area contributed by atoms with Crippen molar-refractivity contribution in [3.8, 4) is 0 Å². The molecule has 24 heavy (non-hydrogen) atoms. The number of ether oxygens (including phenoxy) is 2. The van der Waals surface area contributed by atoms with E-state index in [2.05, 4.69) is 0 Å². The Labute approximate surface area is 146 Å². The average Bonchev–Trinajstić information content (AvgIpc) is 2.55. The van der Waals surface area contributed by atoms with E-state index < -0.39 is 28.7 Å². The minimum atomic E-state index is -1.76. The van der Waals surface area contributed by atoms with Crippen LogP contribution in [0.25, 0.3) is 0 Å². The van der Waals surface area contributed by atoms with E-state index >= 15 is 0 Å². The Hall–Kier alpha value is -1.53. The van der Waals surface area contributed by atoms with E-state index in [9.17, 15) is 14.7 Å². The lowest BCUT2D eigenvalue weighted by Gasteiger charge is -2.44. The fourth-order valence-electron chi connectivity index (χ4n) is 3.15. The highest BCUT2D eigenvalue weighted by molar-refractivity contribution is 8.00. The monoisotopic (exact) mass is 352 g/mol. The zero-order chi connectivity index (χ0) is 17.9. The van der Waals surface area contributed by atoms with Crippen LogP contribution in [0.15, 0.2) is 29.2 Å². The molecule has 1 heterocycles. The summed E-state index contributed by atoms with van der Waals surface area (Å²) in [6, 6.07) is 7.27. The molecule has 0 fully saturated rings. The summed E-state index contributed by atoms with van der Waals surface area (Å²) in [7, 11) is 0. The lowest BCUT2D eigenvalue weighted by atomic mass is 9.72. The van der Waals surface area contributed by atoms with E-state index in [1.54, 1.807) is 26.0 Å². The molecule has 0 spiro atoms. The summed E-state index contributed by atoms with van der Waals surface area (Å²) in [5.74, 6) is -1.50. The molecule has 1 N–H and O–H groups in total. The second kappa shape index (κ2) is 7.57. The Morgan fingerprint density at radius 1 is 1.17 bits per heavy atom. The molecule has 0 bridgehead atoms. The van der Waals surface area contributed by atoms with Gasteiger partial charge >= 0.3 is 11.9 Å².